The van der Waals surface area contributed by atoms with E-state index in [1.807, 2.05) is 0 Å². The van der Waals surface area contributed by atoms with E-state index < -0.39 is 0 Å². The lowest BCUT2D eigenvalue weighted by Crippen LogP contribution is -2.35. The molecule has 2 unspecified atom stereocenters. The highest BCUT2D eigenvalue weighted by molar-refractivity contribution is 4.87. The van der Waals surface area contributed by atoms with Crippen LogP contribution in [0, 0.1) is 0 Å². The highest BCUT2D eigenvalue weighted by Gasteiger charge is 2.32. The first-order chi connectivity index (χ1) is 7.33. The fourth-order valence-electron chi connectivity index (χ4n) is 2.50. The van der Waals surface area contributed by atoms with Crippen LogP contribution in [0.4, 0.5) is 0 Å². The molecule has 2 N–H and O–H groups in total. The van der Waals surface area contributed by atoms with Crippen LogP contribution in [0.3, 0.4) is 0 Å². The molecule has 0 aromatic rings. The van der Waals surface area contributed by atoms with Crippen molar-refractivity contribution in [3.05, 3.63) is 0 Å². The molecule has 1 aliphatic heterocycles. The molecule has 15 heavy (non-hydrogen) atoms. The molecule has 0 aromatic heterocycles. The minimum atomic E-state index is 0.331. The number of rotatable bonds is 6. The van der Waals surface area contributed by atoms with Gasteiger partial charge in [0.05, 0.1) is 12.2 Å². The van der Waals surface area contributed by atoms with E-state index in [0.717, 1.165) is 19.0 Å². The summed E-state index contributed by atoms with van der Waals surface area (Å²) in [4.78, 5) is 2.61. The van der Waals surface area contributed by atoms with Crippen LogP contribution in [0.25, 0.3) is 0 Å². The Hall–Kier alpha value is -0.120. The first-order valence-electron chi connectivity index (χ1n) is 6.43. The van der Waals surface area contributed by atoms with E-state index in [4.69, 9.17) is 10.5 Å². The highest BCUT2D eigenvalue weighted by atomic mass is 16.5. The quantitative estimate of drug-likeness (QED) is 0.722. The van der Waals surface area contributed by atoms with Gasteiger partial charge in [0.1, 0.15) is 0 Å². The highest BCUT2D eigenvalue weighted by Crippen LogP contribution is 2.29. The Kier molecular flexibility index (Phi) is 4.00. The normalized spacial score (nSPS) is 31.4. The molecule has 0 bridgehead atoms. The molecular weight excluding hydrogens is 188 g/mol. The zero-order chi connectivity index (χ0) is 10.7. The van der Waals surface area contributed by atoms with E-state index in [2.05, 4.69) is 11.8 Å². The van der Waals surface area contributed by atoms with Gasteiger partial charge in [-0.2, -0.15) is 0 Å². The summed E-state index contributed by atoms with van der Waals surface area (Å²) < 4.78 is 5.90. The maximum Gasteiger partial charge on any atom is 0.0707 e. The van der Waals surface area contributed by atoms with Gasteiger partial charge in [0.15, 0.2) is 0 Å². The first kappa shape index (κ1) is 11.4. The third kappa shape index (κ3) is 3.16. The number of hydrogen-bond donors (Lipinski definition) is 1. The summed E-state index contributed by atoms with van der Waals surface area (Å²) in [6.45, 7) is 5.31. The van der Waals surface area contributed by atoms with Crippen molar-refractivity contribution in [2.45, 2.75) is 57.3 Å². The van der Waals surface area contributed by atoms with Crippen LogP contribution < -0.4 is 5.73 Å². The summed E-state index contributed by atoms with van der Waals surface area (Å²) in [6.07, 6.45) is 7.19. The molecule has 3 heteroatoms. The van der Waals surface area contributed by atoms with E-state index in [1.165, 1.54) is 32.2 Å². The standard InChI is InChI=1S/C12H24N2O/c1-2-7-14(10-3-4-10)9-12-6-5-11(8-13)15-12/h10-12H,2-9,13H2,1H3. The van der Waals surface area contributed by atoms with Gasteiger partial charge in [-0.25, -0.2) is 0 Å². The van der Waals surface area contributed by atoms with Crippen LogP contribution in [0.2, 0.25) is 0 Å². The van der Waals surface area contributed by atoms with Crippen molar-refractivity contribution in [3.8, 4) is 0 Å². The Labute approximate surface area is 93.0 Å². The summed E-state index contributed by atoms with van der Waals surface area (Å²) in [5.74, 6) is 0. The van der Waals surface area contributed by atoms with Crippen molar-refractivity contribution < 1.29 is 4.74 Å². The van der Waals surface area contributed by atoms with Gasteiger partial charge >= 0.3 is 0 Å². The Morgan fingerprint density at radius 3 is 2.47 bits per heavy atom. The smallest absolute Gasteiger partial charge is 0.0707 e. The number of nitrogens with zero attached hydrogens (tertiary/aromatic N) is 1. The van der Waals surface area contributed by atoms with Crippen molar-refractivity contribution in [1.82, 2.24) is 4.90 Å². The zero-order valence-corrected chi connectivity index (χ0v) is 9.82. The first-order valence-corrected chi connectivity index (χ1v) is 6.43. The monoisotopic (exact) mass is 212 g/mol. The molecule has 2 fully saturated rings. The Balaban J connectivity index is 1.74. The van der Waals surface area contributed by atoms with Crippen LogP contribution in [-0.2, 0) is 4.74 Å². The molecule has 1 saturated heterocycles. The molecule has 0 amide bonds. The van der Waals surface area contributed by atoms with Crippen molar-refractivity contribution in [2.75, 3.05) is 19.6 Å². The lowest BCUT2D eigenvalue weighted by atomic mass is 10.2. The fourth-order valence-corrected chi connectivity index (χ4v) is 2.50. The van der Waals surface area contributed by atoms with Crippen LogP contribution in [0.15, 0.2) is 0 Å². The second-order valence-corrected chi connectivity index (χ2v) is 4.92. The van der Waals surface area contributed by atoms with Gasteiger partial charge in [-0.3, -0.25) is 4.90 Å². The van der Waals surface area contributed by atoms with E-state index in [9.17, 15) is 0 Å². The molecule has 88 valence electrons. The van der Waals surface area contributed by atoms with Gasteiger partial charge in [0.25, 0.3) is 0 Å². The second-order valence-electron chi connectivity index (χ2n) is 4.92. The van der Waals surface area contributed by atoms with Crippen molar-refractivity contribution in [2.24, 2.45) is 5.73 Å². The predicted molar refractivity (Wildman–Crippen MR) is 61.8 cm³/mol. The summed E-state index contributed by atoms with van der Waals surface area (Å²) in [6, 6.07) is 0.866. The minimum Gasteiger partial charge on any atom is -0.372 e. The molecule has 3 nitrogen and oxygen atoms in total. The number of hydrogen-bond acceptors (Lipinski definition) is 3. The van der Waals surface area contributed by atoms with E-state index >= 15 is 0 Å². The molecule has 0 radical (unpaired) electrons. The Morgan fingerprint density at radius 2 is 1.93 bits per heavy atom. The van der Waals surface area contributed by atoms with Gasteiger partial charge in [-0.15, -0.1) is 0 Å². The summed E-state index contributed by atoms with van der Waals surface area (Å²) in [7, 11) is 0. The van der Waals surface area contributed by atoms with Gasteiger partial charge in [-0.05, 0) is 38.6 Å². The molecule has 1 heterocycles. The SMILES string of the molecule is CCCN(CC1CCC(CN)O1)C1CC1. The molecule has 2 aliphatic rings. The van der Waals surface area contributed by atoms with Crippen molar-refractivity contribution in [1.29, 1.82) is 0 Å². The predicted octanol–water partition coefficient (Wildman–Crippen LogP) is 1.37. The molecule has 0 aromatic carbocycles. The summed E-state index contributed by atoms with van der Waals surface area (Å²) in [5, 5.41) is 0. The van der Waals surface area contributed by atoms with Gasteiger partial charge in [0.2, 0.25) is 0 Å². The lowest BCUT2D eigenvalue weighted by Gasteiger charge is -2.24. The Morgan fingerprint density at radius 1 is 1.20 bits per heavy atom. The number of ether oxygens (including phenoxy) is 1. The van der Waals surface area contributed by atoms with Crippen molar-refractivity contribution in [3.63, 3.8) is 0 Å². The maximum absolute atomic E-state index is 5.90. The topological polar surface area (TPSA) is 38.5 Å². The Bertz CT molecular complexity index is 194. The molecular formula is C12H24N2O. The van der Waals surface area contributed by atoms with Crippen LogP contribution in [0.1, 0.15) is 39.0 Å². The van der Waals surface area contributed by atoms with Gasteiger partial charge in [-0.1, -0.05) is 6.92 Å². The van der Waals surface area contributed by atoms with Crippen LogP contribution in [-0.4, -0.2) is 42.8 Å². The second kappa shape index (κ2) is 5.28. The maximum atomic E-state index is 5.90. The molecule has 0 spiro atoms. The van der Waals surface area contributed by atoms with Gasteiger partial charge in [0, 0.05) is 19.1 Å². The van der Waals surface area contributed by atoms with E-state index in [-0.39, 0.29) is 0 Å². The number of nitrogens with two attached hydrogens (primary N) is 1. The van der Waals surface area contributed by atoms with E-state index in [0.29, 0.717) is 18.8 Å². The zero-order valence-electron chi connectivity index (χ0n) is 9.82. The molecule has 1 aliphatic carbocycles. The summed E-state index contributed by atoms with van der Waals surface area (Å²) in [5.41, 5.74) is 5.62. The van der Waals surface area contributed by atoms with Crippen LogP contribution >= 0.6 is 0 Å². The molecule has 1 saturated carbocycles. The van der Waals surface area contributed by atoms with E-state index in [1.54, 1.807) is 0 Å². The lowest BCUT2D eigenvalue weighted by molar-refractivity contribution is 0.0253. The van der Waals surface area contributed by atoms with Crippen LogP contribution in [0.5, 0.6) is 0 Å². The van der Waals surface area contributed by atoms with Crippen molar-refractivity contribution >= 4 is 0 Å². The molecule has 2 atom stereocenters. The van der Waals surface area contributed by atoms with Gasteiger partial charge < -0.3 is 10.5 Å². The average molecular weight is 212 g/mol. The molecule has 2 rings (SSSR count). The summed E-state index contributed by atoms with van der Waals surface area (Å²) >= 11 is 0. The third-order valence-electron chi connectivity index (χ3n) is 3.47. The largest absolute Gasteiger partial charge is 0.372 e. The minimum absolute atomic E-state index is 0.331. The third-order valence-corrected chi connectivity index (χ3v) is 3.47. The average Bonchev–Trinajstić information content (AvgIpc) is 2.99. The fraction of sp³-hybridized carbons (Fsp3) is 1.00.